The molecule has 2 aliphatic rings. The number of guanidine groups is 1. The lowest BCUT2D eigenvalue weighted by atomic mass is 10.0. The van der Waals surface area contributed by atoms with E-state index in [4.69, 9.17) is 4.74 Å². The standard InChI is InChI=1S/C14H28N4O3S2/c1-14(4-3-8-21-14)12-17-13(15-2)16-5-11-23(19,20)18-6-9-22-10-7-18/h3-12H2,1-2H3,(H2,15,16,17). The molecule has 2 heterocycles. The third kappa shape index (κ3) is 5.81. The SMILES string of the molecule is CN=C(NCCS(=O)(=O)N1CCSCC1)NCC1(C)CCCO1. The van der Waals surface area contributed by atoms with E-state index < -0.39 is 10.0 Å². The maximum Gasteiger partial charge on any atom is 0.215 e. The fourth-order valence-corrected chi connectivity index (χ4v) is 5.21. The van der Waals surface area contributed by atoms with E-state index in [1.54, 1.807) is 23.1 Å². The second-order valence-corrected chi connectivity index (χ2v) is 9.40. The topological polar surface area (TPSA) is 83.0 Å². The van der Waals surface area contributed by atoms with Crippen LogP contribution in [0.5, 0.6) is 0 Å². The van der Waals surface area contributed by atoms with Gasteiger partial charge in [0.1, 0.15) is 0 Å². The molecule has 2 fully saturated rings. The van der Waals surface area contributed by atoms with E-state index in [9.17, 15) is 8.42 Å². The molecule has 0 aromatic heterocycles. The molecule has 0 amide bonds. The minimum absolute atomic E-state index is 0.0894. The first kappa shape index (κ1) is 18.8. The van der Waals surface area contributed by atoms with E-state index in [0.29, 0.717) is 32.1 Å². The maximum absolute atomic E-state index is 12.3. The lowest BCUT2D eigenvalue weighted by Gasteiger charge is -2.26. The van der Waals surface area contributed by atoms with Crippen molar-refractivity contribution in [1.82, 2.24) is 14.9 Å². The highest BCUT2D eigenvalue weighted by atomic mass is 32.2. The predicted octanol–water partition coefficient (Wildman–Crippen LogP) is 0.0991. The van der Waals surface area contributed by atoms with Gasteiger partial charge < -0.3 is 15.4 Å². The molecule has 7 nitrogen and oxygen atoms in total. The molecule has 0 radical (unpaired) electrons. The molecule has 9 heteroatoms. The van der Waals surface area contributed by atoms with Gasteiger partial charge in [0.25, 0.3) is 0 Å². The van der Waals surface area contributed by atoms with Crippen LogP contribution in [0.15, 0.2) is 4.99 Å². The van der Waals surface area contributed by atoms with Crippen LogP contribution in [0.1, 0.15) is 19.8 Å². The summed E-state index contributed by atoms with van der Waals surface area (Å²) in [5.41, 5.74) is -0.158. The third-order valence-electron chi connectivity index (χ3n) is 4.17. The summed E-state index contributed by atoms with van der Waals surface area (Å²) >= 11 is 1.80. The van der Waals surface area contributed by atoms with Gasteiger partial charge in [0.15, 0.2) is 5.96 Å². The van der Waals surface area contributed by atoms with Crippen molar-refractivity contribution in [2.45, 2.75) is 25.4 Å². The minimum atomic E-state index is -3.18. The number of hydrogen-bond donors (Lipinski definition) is 2. The van der Waals surface area contributed by atoms with E-state index in [1.807, 2.05) is 0 Å². The highest BCUT2D eigenvalue weighted by molar-refractivity contribution is 7.99. The number of ether oxygens (including phenoxy) is 1. The monoisotopic (exact) mass is 364 g/mol. The molecule has 0 aromatic rings. The van der Waals surface area contributed by atoms with Crippen LogP contribution in [0.25, 0.3) is 0 Å². The van der Waals surface area contributed by atoms with Gasteiger partial charge in [-0.1, -0.05) is 0 Å². The molecule has 0 aromatic carbocycles. The molecule has 0 spiro atoms. The highest BCUT2D eigenvalue weighted by Crippen LogP contribution is 2.23. The fourth-order valence-electron chi connectivity index (χ4n) is 2.72. The maximum atomic E-state index is 12.3. The molecule has 0 bridgehead atoms. The quantitative estimate of drug-likeness (QED) is 0.514. The summed E-state index contributed by atoms with van der Waals surface area (Å²) < 4.78 is 31.9. The van der Waals surface area contributed by atoms with Crippen LogP contribution in [0.3, 0.4) is 0 Å². The zero-order valence-electron chi connectivity index (χ0n) is 14.0. The zero-order valence-corrected chi connectivity index (χ0v) is 15.6. The Kier molecular flexibility index (Phi) is 7.00. The largest absolute Gasteiger partial charge is 0.373 e. The summed E-state index contributed by atoms with van der Waals surface area (Å²) in [6.07, 6.45) is 2.11. The Balaban J connectivity index is 1.72. The first-order chi connectivity index (χ1) is 11.0. The van der Waals surface area contributed by atoms with Crippen LogP contribution in [-0.4, -0.2) is 81.4 Å². The van der Waals surface area contributed by atoms with Gasteiger partial charge in [0.2, 0.25) is 10.0 Å². The Morgan fingerprint density at radius 1 is 1.35 bits per heavy atom. The summed E-state index contributed by atoms with van der Waals surface area (Å²) in [6.45, 7) is 5.15. The molecule has 0 aliphatic carbocycles. The van der Waals surface area contributed by atoms with Crippen molar-refractivity contribution < 1.29 is 13.2 Å². The van der Waals surface area contributed by atoms with Gasteiger partial charge >= 0.3 is 0 Å². The Bertz CT molecular complexity index is 498. The lowest BCUT2D eigenvalue weighted by molar-refractivity contribution is 0.0243. The lowest BCUT2D eigenvalue weighted by Crippen LogP contribution is -2.47. The Hall–Kier alpha value is -0.510. The second-order valence-electron chi connectivity index (χ2n) is 6.08. The Morgan fingerprint density at radius 3 is 2.70 bits per heavy atom. The zero-order chi connectivity index (χ0) is 16.8. The molecule has 2 N–H and O–H groups in total. The van der Waals surface area contributed by atoms with Crippen molar-refractivity contribution in [2.75, 3.05) is 57.1 Å². The van der Waals surface area contributed by atoms with Crippen LogP contribution in [0, 0.1) is 0 Å². The minimum Gasteiger partial charge on any atom is -0.373 e. The number of aliphatic imine (C=N–C) groups is 1. The first-order valence-electron chi connectivity index (χ1n) is 8.09. The summed E-state index contributed by atoms with van der Waals surface area (Å²) in [4.78, 5) is 4.14. The van der Waals surface area contributed by atoms with Crippen LogP contribution >= 0.6 is 11.8 Å². The molecule has 2 saturated heterocycles. The van der Waals surface area contributed by atoms with E-state index in [1.165, 1.54) is 0 Å². The van der Waals surface area contributed by atoms with Gasteiger partial charge in [0, 0.05) is 51.3 Å². The second kappa shape index (κ2) is 8.55. The average molecular weight is 365 g/mol. The molecule has 1 atom stereocenters. The van der Waals surface area contributed by atoms with Gasteiger partial charge in [-0.05, 0) is 19.8 Å². The van der Waals surface area contributed by atoms with Gasteiger partial charge in [-0.3, -0.25) is 4.99 Å². The van der Waals surface area contributed by atoms with Crippen molar-refractivity contribution in [3.05, 3.63) is 0 Å². The number of rotatable bonds is 6. The Labute approximate surface area is 143 Å². The highest BCUT2D eigenvalue weighted by Gasteiger charge is 2.29. The van der Waals surface area contributed by atoms with Crippen LogP contribution in [0.2, 0.25) is 0 Å². The van der Waals surface area contributed by atoms with Crippen molar-refractivity contribution in [1.29, 1.82) is 0 Å². The van der Waals surface area contributed by atoms with Crippen LogP contribution in [0.4, 0.5) is 0 Å². The number of sulfonamides is 1. The number of hydrogen-bond acceptors (Lipinski definition) is 5. The molecule has 1 unspecified atom stereocenters. The summed E-state index contributed by atoms with van der Waals surface area (Å²) in [7, 11) is -1.50. The number of thioether (sulfide) groups is 1. The van der Waals surface area contributed by atoms with Crippen molar-refractivity contribution in [3.63, 3.8) is 0 Å². The van der Waals surface area contributed by atoms with E-state index in [0.717, 1.165) is 31.0 Å². The molecule has 134 valence electrons. The normalized spacial score (nSPS) is 27.1. The van der Waals surface area contributed by atoms with Crippen molar-refractivity contribution >= 4 is 27.7 Å². The van der Waals surface area contributed by atoms with Crippen molar-refractivity contribution in [2.24, 2.45) is 4.99 Å². The molecule has 23 heavy (non-hydrogen) atoms. The van der Waals surface area contributed by atoms with Gasteiger partial charge in [-0.25, -0.2) is 12.7 Å². The third-order valence-corrected chi connectivity index (χ3v) is 6.98. The van der Waals surface area contributed by atoms with E-state index in [2.05, 4.69) is 22.5 Å². The predicted molar refractivity (Wildman–Crippen MR) is 95.6 cm³/mol. The summed E-state index contributed by atoms with van der Waals surface area (Å²) in [5.74, 6) is 2.47. The number of nitrogens with one attached hydrogen (secondary N) is 2. The van der Waals surface area contributed by atoms with Gasteiger partial charge in [0.05, 0.1) is 11.4 Å². The molecule has 2 rings (SSSR count). The summed E-state index contributed by atoms with van der Waals surface area (Å²) in [5, 5.41) is 6.30. The summed E-state index contributed by atoms with van der Waals surface area (Å²) in [6, 6.07) is 0. The molecular weight excluding hydrogens is 336 g/mol. The van der Waals surface area contributed by atoms with Crippen LogP contribution in [-0.2, 0) is 14.8 Å². The Morgan fingerprint density at radius 2 is 2.09 bits per heavy atom. The van der Waals surface area contributed by atoms with Crippen LogP contribution < -0.4 is 10.6 Å². The smallest absolute Gasteiger partial charge is 0.215 e. The van der Waals surface area contributed by atoms with Gasteiger partial charge in [-0.15, -0.1) is 0 Å². The molecule has 0 saturated carbocycles. The molecular formula is C14H28N4O3S2. The van der Waals surface area contributed by atoms with Gasteiger partial charge in [-0.2, -0.15) is 11.8 Å². The number of nitrogens with zero attached hydrogens (tertiary/aromatic N) is 2. The average Bonchev–Trinajstić information content (AvgIpc) is 2.98. The van der Waals surface area contributed by atoms with E-state index in [-0.39, 0.29) is 11.4 Å². The van der Waals surface area contributed by atoms with E-state index >= 15 is 0 Å². The first-order valence-corrected chi connectivity index (χ1v) is 10.9. The van der Waals surface area contributed by atoms with Crippen molar-refractivity contribution in [3.8, 4) is 0 Å². The fraction of sp³-hybridized carbons (Fsp3) is 0.929. The molecule has 2 aliphatic heterocycles.